The standard InChI is InChI=1S/C20H29NO5/c1-13(2)25-18(22)12-17-16-11-15(24-6)8-7-14(16)9-10-21(17)19(23)26-20(3,4)5/h7-8,11,13,17H,9-10,12H2,1-6H3. The quantitative estimate of drug-likeness (QED) is 0.760. The Hall–Kier alpha value is -2.24. The molecule has 1 aliphatic heterocycles. The largest absolute Gasteiger partial charge is 0.497 e. The summed E-state index contributed by atoms with van der Waals surface area (Å²) in [6, 6.07) is 5.33. The highest BCUT2D eigenvalue weighted by atomic mass is 16.6. The lowest BCUT2D eigenvalue weighted by atomic mass is 9.90. The Morgan fingerprint density at radius 2 is 1.96 bits per heavy atom. The monoisotopic (exact) mass is 363 g/mol. The van der Waals surface area contributed by atoms with Gasteiger partial charge in [0.05, 0.1) is 25.7 Å². The highest BCUT2D eigenvalue weighted by Gasteiger charge is 2.35. The number of rotatable bonds is 4. The maximum Gasteiger partial charge on any atom is 0.410 e. The van der Waals surface area contributed by atoms with Gasteiger partial charge in [-0.05, 0) is 64.3 Å². The second kappa shape index (κ2) is 7.98. The van der Waals surface area contributed by atoms with Crippen molar-refractivity contribution in [2.24, 2.45) is 0 Å². The number of amides is 1. The number of hydrogen-bond donors (Lipinski definition) is 0. The van der Waals surface area contributed by atoms with E-state index in [4.69, 9.17) is 14.2 Å². The van der Waals surface area contributed by atoms with Crippen LogP contribution in [0, 0.1) is 0 Å². The highest BCUT2D eigenvalue weighted by molar-refractivity contribution is 5.74. The molecule has 6 nitrogen and oxygen atoms in total. The Balaban J connectivity index is 2.34. The molecular weight excluding hydrogens is 334 g/mol. The van der Waals surface area contributed by atoms with Crippen molar-refractivity contribution in [2.45, 2.75) is 65.2 Å². The molecule has 0 fully saturated rings. The van der Waals surface area contributed by atoms with E-state index in [2.05, 4.69) is 0 Å². The fourth-order valence-corrected chi connectivity index (χ4v) is 3.03. The smallest absolute Gasteiger partial charge is 0.410 e. The molecule has 26 heavy (non-hydrogen) atoms. The van der Waals surface area contributed by atoms with Crippen molar-refractivity contribution in [2.75, 3.05) is 13.7 Å². The first-order chi connectivity index (χ1) is 12.1. The van der Waals surface area contributed by atoms with Crippen molar-refractivity contribution in [3.8, 4) is 5.75 Å². The summed E-state index contributed by atoms with van der Waals surface area (Å²) in [6.07, 6.45) is 0.158. The molecule has 0 aliphatic carbocycles. The van der Waals surface area contributed by atoms with E-state index in [1.54, 1.807) is 25.9 Å². The second-order valence-electron chi connectivity index (χ2n) is 7.75. The summed E-state index contributed by atoms with van der Waals surface area (Å²) in [5.74, 6) is 0.353. The molecule has 0 aromatic heterocycles. The molecule has 0 bridgehead atoms. The van der Waals surface area contributed by atoms with Crippen LogP contribution in [0.5, 0.6) is 5.75 Å². The SMILES string of the molecule is COc1ccc2c(c1)C(CC(=O)OC(C)C)N(C(=O)OC(C)(C)C)CC2. The number of carbonyl (C=O) groups excluding carboxylic acids is 2. The molecule has 1 aliphatic rings. The Kier molecular flexibility index (Phi) is 6.16. The van der Waals surface area contributed by atoms with Crippen molar-refractivity contribution in [1.29, 1.82) is 0 Å². The average molecular weight is 363 g/mol. The van der Waals surface area contributed by atoms with E-state index in [-0.39, 0.29) is 18.5 Å². The normalized spacial score (nSPS) is 16.9. The lowest BCUT2D eigenvalue weighted by Crippen LogP contribution is -2.44. The minimum absolute atomic E-state index is 0.0809. The van der Waals surface area contributed by atoms with Crippen LogP contribution in [0.2, 0.25) is 0 Å². The summed E-state index contributed by atoms with van der Waals surface area (Å²) < 4.78 is 16.2. The third kappa shape index (κ3) is 5.13. The molecule has 1 aromatic rings. The molecule has 1 unspecified atom stereocenters. The van der Waals surface area contributed by atoms with Crippen molar-refractivity contribution in [3.05, 3.63) is 29.3 Å². The van der Waals surface area contributed by atoms with Crippen LogP contribution >= 0.6 is 0 Å². The van der Waals surface area contributed by atoms with Crippen molar-refractivity contribution >= 4 is 12.1 Å². The molecule has 1 atom stereocenters. The molecule has 0 saturated carbocycles. The van der Waals surface area contributed by atoms with Crippen molar-refractivity contribution in [1.82, 2.24) is 4.90 Å². The van der Waals surface area contributed by atoms with Gasteiger partial charge in [-0.15, -0.1) is 0 Å². The van der Waals surface area contributed by atoms with Gasteiger partial charge in [0.1, 0.15) is 11.4 Å². The predicted molar refractivity (Wildman–Crippen MR) is 98.2 cm³/mol. The minimum atomic E-state index is -0.602. The van der Waals surface area contributed by atoms with E-state index in [0.717, 1.165) is 11.1 Å². The third-order valence-electron chi connectivity index (χ3n) is 4.07. The van der Waals surface area contributed by atoms with E-state index < -0.39 is 17.7 Å². The zero-order valence-electron chi connectivity index (χ0n) is 16.5. The summed E-state index contributed by atoms with van der Waals surface area (Å²) in [4.78, 5) is 26.6. The maximum absolute atomic E-state index is 12.7. The van der Waals surface area contributed by atoms with Gasteiger partial charge < -0.3 is 19.1 Å². The van der Waals surface area contributed by atoms with Crippen LogP contribution in [-0.2, 0) is 20.7 Å². The number of hydrogen-bond acceptors (Lipinski definition) is 5. The lowest BCUT2D eigenvalue weighted by Gasteiger charge is -2.38. The predicted octanol–water partition coefficient (Wildman–Crippen LogP) is 3.87. The van der Waals surface area contributed by atoms with Gasteiger partial charge in [0.2, 0.25) is 0 Å². The first kappa shape index (κ1) is 20.1. The van der Waals surface area contributed by atoms with E-state index >= 15 is 0 Å². The summed E-state index contributed by atoms with van der Waals surface area (Å²) >= 11 is 0. The van der Waals surface area contributed by atoms with E-state index in [9.17, 15) is 9.59 Å². The molecule has 144 valence electrons. The van der Waals surface area contributed by atoms with Gasteiger partial charge in [0.15, 0.2) is 0 Å². The molecule has 0 radical (unpaired) electrons. The zero-order valence-corrected chi connectivity index (χ0v) is 16.5. The number of fused-ring (bicyclic) bond motifs is 1. The third-order valence-corrected chi connectivity index (χ3v) is 4.07. The summed E-state index contributed by atoms with van der Waals surface area (Å²) in [6.45, 7) is 9.59. The Morgan fingerprint density at radius 1 is 1.27 bits per heavy atom. The molecule has 0 spiro atoms. The molecule has 1 heterocycles. The number of ether oxygens (including phenoxy) is 3. The van der Waals surface area contributed by atoms with E-state index in [0.29, 0.717) is 18.7 Å². The molecule has 2 rings (SSSR count). The highest BCUT2D eigenvalue weighted by Crippen LogP contribution is 2.36. The molecule has 1 amide bonds. The summed E-state index contributed by atoms with van der Waals surface area (Å²) in [7, 11) is 1.60. The van der Waals surface area contributed by atoms with Gasteiger partial charge in [0.25, 0.3) is 0 Å². The van der Waals surface area contributed by atoms with Crippen molar-refractivity contribution in [3.63, 3.8) is 0 Å². The van der Waals surface area contributed by atoms with Gasteiger partial charge in [-0.2, -0.15) is 0 Å². The average Bonchev–Trinajstić information content (AvgIpc) is 2.52. The van der Waals surface area contributed by atoms with Gasteiger partial charge in [-0.1, -0.05) is 6.07 Å². The number of benzene rings is 1. The maximum atomic E-state index is 12.7. The number of nitrogens with zero attached hydrogens (tertiary/aromatic N) is 1. The molecule has 0 saturated heterocycles. The number of esters is 1. The van der Waals surface area contributed by atoms with Crippen LogP contribution in [0.25, 0.3) is 0 Å². The zero-order chi connectivity index (χ0) is 19.5. The minimum Gasteiger partial charge on any atom is -0.497 e. The number of carbonyl (C=O) groups is 2. The lowest BCUT2D eigenvalue weighted by molar-refractivity contribution is -0.148. The van der Waals surface area contributed by atoms with E-state index in [1.807, 2.05) is 39.0 Å². The molecular formula is C20H29NO5. The van der Waals surface area contributed by atoms with Gasteiger partial charge in [0, 0.05) is 6.54 Å². The fraction of sp³-hybridized carbons (Fsp3) is 0.600. The van der Waals surface area contributed by atoms with Crippen LogP contribution in [0.1, 0.15) is 58.2 Å². The number of methoxy groups -OCH3 is 1. The summed E-state index contributed by atoms with van der Waals surface area (Å²) in [5.41, 5.74) is 1.41. The van der Waals surface area contributed by atoms with Crippen LogP contribution in [-0.4, -0.2) is 42.3 Å². The van der Waals surface area contributed by atoms with Gasteiger partial charge in [-0.25, -0.2) is 4.79 Å². The molecule has 6 heteroatoms. The molecule has 0 N–H and O–H groups in total. The van der Waals surface area contributed by atoms with Crippen LogP contribution < -0.4 is 4.74 Å². The molecule has 1 aromatic carbocycles. The van der Waals surface area contributed by atoms with Crippen LogP contribution in [0.3, 0.4) is 0 Å². The van der Waals surface area contributed by atoms with Gasteiger partial charge >= 0.3 is 12.1 Å². The second-order valence-corrected chi connectivity index (χ2v) is 7.75. The summed E-state index contributed by atoms with van der Waals surface area (Å²) in [5, 5.41) is 0. The van der Waals surface area contributed by atoms with Crippen LogP contribution in [0.15, 0.2) is 18.2 Å². The van der Waals surface area contributed by atoms with Gasteiger partial charge in [-0.3, -0.25) is 4.79 Å². The topological polar surface area (TPSA) is 65.1 Å². The van der Waals surface area contributed by atoms with Crippen molar-refractivity contribution < 1.29 is 23.8 Å². The first-order valence-corrected chi connectivity index (χ1v) is 8.96. The Bertz CT molecular complexity index is 663. The fourth-order valence-electron chi connectivity index (χ4n) is 3.03. The Labute approximate surface area is 155 Å². The van der Waals surface area contributed by atoms with E-state index in [1.165, 1.54) is 0 Å². The Morgan fingerprint density at radius 3 is 2.54 bits per heavy atom. The first-order valence-electron chi connectivity index (χ1n) is 8.96. The van der Waals surface area contributed by atoms with Crippen LogP contribution in [0.4, 0.5) is 4.79 Å².